The summed E-state index contributed by atoms with van der Waals surface area (Å²) in [7, 11) is 0. The molecule has 0 radical (unpaired) electrons. The van der Waals surface area contributed by atoms with Gasteiger partial charge in [0.2, 0.25) is 0 Å². The fraction of sp³-hybridized carbons (Fsp3) is 0.412. The van der Waals surface area contributed by atoms with Crippen LogP contribution in [0.2, 0.25) is 0 Å². The van der Waals surface area contributed by atoms with Crippen molar-refractivity contribution in [1.29, 1.82) is 0 Å². The van der Waals surface area contributed by atoms with E-state index >= 15 is 0 Å². The van der Waals surface area contributed by atoms with Crippen LogP contribution < -0.4 is 0 Å². The smallest absolute Gasteiger partial charge is 0.0625 e. The zero-order valence-corrected chi connectivity index (χ0v) is 13.5. The molecule has 2 aromatic rings. The van der Waals surface area contributed by atoms with Gasteiger partial charge in [-0.25, -0.2) is 0 Å². The maximum Gasteiger partial charge on any atom is 0.0625 e. The second-order valence-corrected chi connectivity index (χ2v) is 7.92. The Morgan fingerprint density at radius 1 is 1.35 bits per heavy atom. The summed E-state index contributed by atoms with van der Waals surface area (Å²) in [5.41, 5.74) is 3.00. The Kier molecular flexibility index (Phi) is 3.24. The van der Waals surface area contributed by atoms with Gasteiger partial charge in [-0.05, 0) is 63.7 Å². The van der Waals surface area contributed by atoms with Gasteiger partial charge >= 0.3 is 0 Å². The van der Waals surface area contributed by atoms with E-state index in [1.54, 1.807) is 11.3 Å². The van der Waals surface area contributed by atoms with E-state index in [9.17, 15) is 5.11 Å². The van der Waals surface area contributed by atoms with E-state index in [2.05, 4.69) is 51.6 Å². The molecule has 2 aliphatic rings. The molecule has 1 N–H and O–H groups in total. The molecule has 3 heteroatoms. The summed E-state index contributed by atoms with van der Waals surface area (Å²) in [5.74, 6) is 1.79. The first-order valence-electron chi connectivity index (χ1n) is 7.23. The zero-order valence-electron chi connectivity index (χ0n) is 11.1. The fourth-order valence-corrected chi connectivity index (χ4v) is 5.45. The highest BCUT2D eigenvalue weighted by Gasteiger charge is 2.55. The standard InChI is InChI=1S/C17H17BrOS/c18-11-7-12(20-9-11)8-15(19)17-14-6-5-10-3-1-2-4-13(10)16(14)17/h1-4,7,9,14-17,19H,5-6,8H2. The first-order chi connectivity index (χ1) is 9.74. The van der Waals surface area contributed by atoms with Crippen LogP contribution in [0.3, 0.4) is 0 Å². The minimum absolute atomic E-state index is 0.193. The lowest BCUT2D eigenvalue weighted by molar-refractivity contribution is 0.144. The number of rotatable bonds is 3. The van der Waals surface area contributed by atoms with Crippen molar-refractivity contribution in [2.24, 2.45) is 11.8 Å². The summed E-state index contributed by atoms with van der Waals surface area (Å²) in [6.45, 7) is 0. The topological polar surface area (TPSA) is 20.2 Å². The molecule has 1 saturated carbocycles. The van der Waals surface area contributed by atoms with Gasteiger partial charge in [0.05, 0.1) is 6.10 Å². The summed E-state index contributed by atoms with van der Waals surface area (Å²) in [6.07, 6.45) is 3.04. The summed E-state index contributed by atoms with van der Waals surface area (Å²) in [5, 5.41) is 12.7. The van der Waals surface area contributed by atoms with Crippen LogP contribution in [0.25, 0.3) is 0 Å². The molecular formula is C17H17BrOS. The number of aryl methyl sites for hydroxylation is 1. The maximum atomic E-state index is 10.6. The summed E-state index contributed by atoms with van der Waals surface area (Å²) >= 11 is 5.22. The lowest BCUT2D eigenvalue weighted by atomic mass is 9.92. The predicted octanol–water partition coefficient (Wildman–Crippen LogP) is 4.39. The van der Waals surface area contributed by atoms with Crippen LogP contribution in [0.1, 0.15) is 28.3 Å². The largest absolute Gasteiger partial charge is 0.392 e. The Bertz CT molecular complexity index is 635. The van der Waals surface area contributed by atoms with E-state index in [-0.39, 0.29) is 6.10 Å². The van der Waals surface area contributed by atoms with Crippen LogP contribution in [0.4, 0.5) is 0 Å². The SMILES string of the molecule is OC(Cc1cc(Br)cs1)C1C2CCc3ccccc3C21. The van der Waals surface area contributed by atoms with Crippen LogP contribution in [0.5, 0.6) is 0 Å². The average molecular weight is 349 g/mol. The lowest BCUT2D eigenvalue weighted by Crippen LogP contribution is -2.14. The first kappa shape index (κ1) is 13.1. The number of fused-ring (bicyclic) bond motifs is 3. The maximum absolute atomic E-state index is 10.6. The Morgan fingerprint density at radius 2 is 2.20 bits per heavy atom. The van der Waals surface area contributed by atoms with Crippen molar-refractivity contribution in [2.75, 3.05) is 0 Å². The van der Waals surface area contributed by atoms with Crippen LogP contribution in [-0.2, 0) is 12.8 Å². The summed E-state index contributed by atoms with van der Waals surface area (Å²) in [4.78, 5) is 1.28. The molecule has 0 saturated heterocycles. The molecule has 0 spiro atoms. The molecule has 104 valence electrons. The Balaban J connectivity index is 1.52. The normalized spacial score (nSPS) is 28.6. The number of benzene rings is 1. The predicted molar refractivity (Wildman–Crippen MR) is 86.2 cm³/mol. The van der Waals surface area contributed by atoms with Crippen molar-refractivity contribution >= 4 is 27.3 Å². The average Bonchev–Trinajstić information content (AvgIpc) is 3.08. The van der Waals surface area contributed by atoms with E-state index in [4.69, 9.17) is 0 Å². The molecular weight excluding hydrogens is 332 g/mol. The Hall–Kier alpha value is -0.640. The second kappa shape index (κ2) is 4.97. The molecule has 20 heavy (non-hydrogen) atoms. The van der Waals surface area contributed by atoms with Crippen molar-refractivity contribution in [3.05, 3.63) is 56.2 Å². The highest BCUT2D eigenvalue weighted by atomic mass is 79.9. The molecule has 0 aliphatic heterocycles. The minimum Gasteiger partial charge on any atom is -0.392 e. The number of hydrogen-bond acceptors (Lipinski definition) is 2. The third-order valence-electron chi connectivity index (χ3n) is 4.87. The second-order valence-electron chi connectivity index (χ2n) is 6.01. The minimum atomic E-state index is -0.193. The number of halogens is 1. The summed E-state index contributed by atoms with van der Waals surface area (Å²) in [6, 6.07) is 10.9. The Labute approximate surface area is 131 Å². The quantitative estimate of drug-likeness (QED) is 0.871. The molecule has 2 aliphatic carbocycles. The van der Waals surface area contributed by atoms with Crippen LogP contribution in [-0.4, -0.2) is 11.2 Å². The van der Waals surface area contributed by atoms with Gasteiger partial charge in [-0.1, -0.05) is 24.3 Å². The van der Waals surface area contributed by atoms with Gasteiger partial charge in [-0.15, -0.1) is 11.3 Å². The summed E-state index contributed by atoms with van der Waals surface area (Å²) < 4.78 is 1.13. The molecule has 1 aromatic heterocycles. The monoisotopic (exact) mass is 348 g/mol. The van der Waals surface area contributed by atoms with Gasteiger partial charge in [0.1, 0.15) is 0 Å². The third kappa shape index (κ3) is 2.16. The molecule has 0 amide bonds. The molecule has 4 rings (SSSR count). The molecule has 4 unspecified atom stereocenters. The molecule has 1 heterocycles. The molecule has 0 bridgehead atoms. The molecule has 4 atom stereocenters. The van der Waals surface area contributed by atoms with E-state index in [0.29, 0.717) is 17.8 Å². The number of hydrogen-bond donors (Lipinski definition) is 1. The van der Waals surface area contributed by atoms with Gasteiger partial charge in [0.15, 0.2) is 0 Å². The van der Waals surface area contributed by atoms with Gasteiger partial charge in [-0.3, -0.25) is 0 Å². The zero-order chi connectivity index (χ0) is 13.7. The van der Waals surface area contributed by atoms with Gasteiger partial charge in [0, 0.05) is 21.2 Å². The van der Waals surface area contributed by atoms with E-state index in [1.165, 1.54) is 28.8 Å². The molecule has 1 aromatic carbocycles. The van der Waals surface area contributed by atoms with Crippen molar-refractivity contribution in [3.63, 3.8) is 0 Å². The number of aliphatic hydroxyl groups excluding tert-OH is 1. The van der Waals surface area contributed by atoms with Crippen molar-refractivity contribution in [2.45, 2.75) is 31.3 Å². The fourth-order valence-electron chi connectivity index (χ4n) is 3.95. The number of thiophene rings is 1. The van der Waals surface area contributed by atoms with E-state index in [0.717, 1.165) is 10.9 Å². The highest BCUT2D eigenvalue weighted by Crippen LogP contribution is 2.61. The van der Waals surface area contributed by atoms with Crippen LogP contribution in [0, 0.1) is 11.8 Å². The lowest BCUT2D eigenvalue weighted by Gasteiger charge is -2.13. The van der Waals surface area contributed by atoms with E-state index < -0.39 is 0 Å². The Morgan fingerprint density at radius 3 is 3.00 bits per heavy atom. The van der Waals surface area contributed by atoms with Crippen LogP contribution in [0.15, 0.2) is 40.2 Å². The van der Waals surface area contributed by atoms with Crippen molar-refractivity contribution in [1.82, 2.24) is 0 Å². The van der Waals surface area contributed by atoms with Gasteiger partial charge < -0.3 is 5.11 Å². The van der Waals surface area contributed by atoms with Crippen LogP contribution >= 0.6 is 27.3 Å². The van der Waals surface area contributed by atoms with Gasteiger partial charge in [-0.2, -0.15) is 0 Å². The third-order valence-corrected chi connectivity index (χ3v) is 6.59. The van der Waals surface area contributed by atoms with E-state index in [1.807, 2.05) is 0 Å². The van der Waals surface area contributed by atoms with Crippen molar-refractivity contribution < 1.29 is 5.11 Å². The molecule has 1 nitrogen and oxygen atoms in total. The molecule has 1 fully saturated rings. The first-order valence-corrected chi connectivity index (χ1v) is 8.90. The number of aliphatic hydroxyl groups is 1. The van der Waals surface area contributed by atoms with Gasteiger partial charge in [0.25, 0.3) is 0 Å². The highest BCUT2D eigenvalue weighted by molar-refractivity contribution is 9.10. The van der Waals surface area contributed by atoms with Crippen molar-refractivity contribution in [3.8, 4) is 0 Å².